The first kappa shape index (κ1) is 20.2. The molecule has 3 aromatic rings. The molecule has 31 heavy (non-hydrogen) atoms. The van der Waals surface area contributed by atoms with E-state index in [4.69, 9.17) is 4.74 Å². The van der Waals surface area contributed by atoms with Crippen LogP contribution in [0.25, 0.3) is 0 Å². The minimum Gasteiger partial charge on any atom is -0.489 e. The van der Waals surface area contributed by atoms with Crippen molar-refractivity contribution < 1.29 is 4.74 Å². The normalized spacial score (nSPS) is 16.8. The molecule has 2 aliphatic rings. The maximum Gasteiger partial charge on any atom is 0.119 e. The standard InChI is InChI=1S/C26H27N3OS/c1-2-6-22(7-3-1)20-30-25-12-10-21(11-13-25)19-28-16-14-24(15-17-28)29-26-9-5-4-8-23(26)18-27-31-29/h1-13,18,24H,14-17,19-20H2. The van der Waals surface area contributed by atoms with Gasteiger partial charge in [0, 0.05) is 37.5 Å². The first-order valence-electron chi connectivity index (χ1n) is 10.9. The Labute approximate surface area is 188 Å². The van der Waals surface area contributed by atoms with Gasteiger partial charge in [0.1, 0.15) is 12.4 Å². The minimum atomic E-state index is 0.536. The average molecular weight is 430 g/mol. The van der Waals surface area contributed by atoms with Crippen molar-refractivity contribution in [2.45, 2.75) is 32.0 Å². The molecule has 0 bridgehead atoms. The van der Waals surface area contributed by atoms with E-state index in [0.29, 0.717) is 12.6 Å². The molecule has 0 spiro atoms. The minimum absolute atomic E-state index is 0.536. The number of piperidine rings is 1. The second kappa shape index (κ2) is 9.58. The van der Waals surface area contributed by atoms with Gasteiger partial charge in [0.2, 0.25) is 0 Å². The van der Waals surface area contributed by atoms with E-state index >= 15 is 0 Å². The summed E-state index contributed by atoms with van der Waals surface area (Å²) in [5.41, 5.74) is 5.05. The lowest BCUT2D eigenvalue weighted by molar-refractivity contribution is 0.207. The number of hydrogen-bond donors (Lipinski definition) is 0. The van der Waals surface area contributed by atoms with Gasteiger partial charge in [-0.15, -0.1) is 0 Å². The maximum absolute atomic E-state index is 5.91. The largest absolute Gasteiger partial charge is 0.489 e. The van der Waals surface area contributed by atoms with Gasteiger partial charge in [-0.3, -0.25) is 9.21 Å². The molecule has 0 amide bonds. The van der Waals surface area contributed by atoms with E-state index in [1.165, 1.54) is 22.4 Å². The number of anilines is 1. The van der Waals surface area contributed by atoms with Gasteiger partial charge in [-0.25, -0.2) is 4.40 Å². The molecule has 0 atom stereocenters. The SMILES string of the molecule is C1=NSN(C2CCN(Cc3ccc(OCc4ccccc4)cc3)CC2)c2ccccc21. The van der Waals surface area contributed by atoms with Crippen LogP contribution in [0.4, 0.5) is 5.69 Å². The third kappa shape index (κ3) is 4.94. The second-order valence-electron chi connectivity index (χ2n) is 8.13. The fraction of sp³-hybridized carbons (Fsp3) is 0.269. The predicted molar refractivity (Wildman–Crippen MR) is 130 cm³/mol. The van der Waals surface area contributed by atoms with Crippen LogP contribution in [-0.4, -0.2) is 30.2 Å². The van der Waals surface area contributed by atoms with Crippen LogP contribution in [0.3, 0.4) is 0 Å². The van der Waals surface area contributed by atoms with Crippen LogP contribution in [0.2, 0.25) is 0 Å². The Morgan fingerprint density at radius 3 is 2.39 bits per heavy atom. The molecule has 0 unspecified atom stereocenters. The Morgan fingerprint density at radius 2 is 1.58 bits per heavy atom. The molecule has 2 heterocycles. The van der Waals surface area contributed by atoms with Crippen molar-refractivity contribution in [3.8, 4) is 5.75 Å². The smallest absolute Gasteiger partial charge is 0.119 e. The number of benzene rings is 3. The zero-order chi connectivity index (χ0) is 20.9. The highest BCUT2D eigenvalue weighted by Gasteiger charge is 2.28. The molecule has 158 valence electrons. The summed E-state index contributed by atoms with van der Waals surface area (Å²) in [6, 6.07) is 27.9. The molecular formula is C26H27N3OS. The summed E-state index contributed by atoms with van der Waals surface area (Å²) >= 11 is 1.59. The molecule has 1 saturated heterocycles. The summed E-state index contributed by atoms with van der Waals surface area (Å²) < 4.78 is 12.8. The fourth-order valence-corrected chi connectivity index (χ4v) is 5.10. The second-order valence-corrected chi connectivity index (χ2v) is 8.89. The van der Waals surface area contributed by atoms with Crippen molar-refractivity contribution >= 4 is 24.0 Å². The summed E-state index contributed by atoms with van der Waals surface area (Å²) in [6.45, 7) is 3.82. The first-order valence-corrected chi connectivity index (χ1v) is 11.6. The lowest BCUT2D eigenvalue weighted by Gasteiger charge is -2.39. The highest BCUT2D eigenvalue weighted by molar-refractivity contribution is 7.99. The van der Waals surface area contributed by atoms with Gasteiger partial charge in [0.15, 0.2) is 0 Å². The molecular weight excluding hydrogens is 402 g/mol. The van der Waals surface area contributed by atoms with Crippen molar-refractivity contribution in [2.24, 2.45) is 4.40 Å². The number of nitrogens with zero attached hydrogens (tertiary/aromatic N) is 3. The van der Waals surface area contributed by atoms with Crippen LogP contribution in [0, 0.1) is 0 Å². The van der Waals surface area contributed by atoms with E-state index in [-0.39, 0.29) is 0 Å². The Balaban J connectivity index is 1.12. The van der Waals surface area contributed by atoms with Crippen LogP contribution in [0.1, 0.15) is 29.5 Å². The Morgan fingerprint density at radius 1 is 0.839 bits per heavy atom. The summed E-state index contributed by atoms with van der Waals surface area (Å²) in [4.78, 5) is 2.56. The third-order valence-electron chi connectivity index (χ3n) is 5.97. The number of rotatable bonds is 6. The van der Waals surface area contributed by atoms with Gasteiger partial charge in [0.05, 0.1) is 17.8 Å². The lowest BCUT2D eigenvalue weighted by atomic mass is 10.0. The van der Waals surface area contributed by atoms with Crippen molar-refractivity contribution in [1.82, 2.24) is 4.90 Å². The predicted octanol–water partition coefficient (Wildman–Crippen LogP) is 5.73. The monoisotopic (exact) mass is 429 g/mol. The lowest BCUT2D eigenvalue weighted by Crippen LogP contribution is -2.42. The van der Waals surface area contributed by atoms with E-state index in [1.54, 1.807) is 12.1 Å². The fourth-order valence-electron chi connectivity index (χ4n) is 4.24. The third-order valence-corrected chi connectivity index (χ3v) is 6.84. The van der Waals surface area contributed by atoms with Gasteiger partial charge in [0.25, 0.3) is 0 Å². The van der Waals surface area contributed by atoms with E-state index < -0.39 is 0 Å². The number of ether oxygens (including phenoxy) is 1. The molecule has 4 nitrogen and oxygen atoms in total. The van der Waals surface area contributed by atoms with Crippen LogP contribution >= 0.6 is 12.1 Å². The Hall–Kier alpha value is -2.76. The zero-order valence-electron chi connectivity index (χ0n) is 17.6. The van der Waals surface area contributed by atoms with Crippen molar-refractivity contribution in [1.29, 1.82) is 0 Å². The van der Waals surface area contributed by atoms with E-state index in [9.17, 15) is 0 Å². The zero-order valence-corrected chi connectivity index (χ0v) is 18.4. The molecule has 1 fully saturated rings. The highest BCUT2D eigenvalue weighted by atomic mass is 32.2. The molecule has 5 rings (SSSR count). The summed E-state index contributed by atoms with van der Waals surface area (Å²) in [5, 5.41) is 0. The summed E-state index contributed by atoms with van der Waals surface area (Å²) in [7, 11) is 0. The van der Waals surface area contributed by atoms with Gasteiger partial charge >= 0.3 is 0 Å². The molecule has 0 aromatic heterocycles. The number of para-hydroxylation sites is 1. The maximum atomic E-state index is 5.91. The summed E-state index contributed by atoms with van der Waals surface area (Å²) in [5.74, 6) is 0.924. The molecule has 0 radical (unpaired) electrons. The topological polar surface area (TPSA) is 28.1 Å². The summed E-state index contributed by atoms with van der Waals surface area (Å²) in [6.07, 6.45) is 4.29. The van der Waals surface area contributed by atoms with Crippen LogP contribution in [0.15, 0.2) is 83.3 Å². The van der Waals surface area contributed by atoms with Crippen LogP contribution < -0.4 is 9.04 Å². The van der Waals surface area contributed by atoms with Crippen LogP contribution in [-0.2, 0) is 13.2 Å². The molecule has 3 aromatic carbocycles. The van der Waals surface area contributed by atoms with Gasteiger partial charge in [-0.1, -0.05) is 60.7 Å². The molecule has 0 saturated carbocycles. The quantitative estimate of drug-likeness (QED) is 0.468. The molecule has 5 heteroatoms. The van der Waals surface area contributed by atoms with E-state index in [1.807, 2.05) is 24.4 Å². The average Bonchev–Trinajstić information content (AvgIpc) is 2.84. The van der Waals surface area contributed by atoms with Gasteiger partial charge in [-0.2, -0.15) is 0 Å². The van der Waals surface area contributed by atoms with Gasteiger partial charge < -0.3 is 4.74 Å². The van der Waals surface area contributed by atoms with Gasteiger partial charge in [-0.05, 0) is 42.2 Å². The number of fused-ring (bicyclic) bond motifs is 1. The van der Waals surface area contributed by atoms with Crippen LogP contribution in [0.5, 0.6) is 5.75 Å². The number of likely N-dealkylation sites (tertiary alicyclic amines) is 1. The number of hydrogen-bond acceptors (Lipinski definition) is 5. The van der Waals surface area contributed by atoms with Crippen molar-refractivity contribution in [3.63, 3.8) is 0 Å². The highest BCUT2D eigenvalue weighted by Crippen LogP contribution is 2.35. The van der Waals surface area contributed by atoms with Crippen molar-refractivity contribution in [2.75, 3.05) is 17.4 Å². The Bertz CT molecular complexity index is 1010. The molecule has 0 aliphatic carbocycles. The molecule has 2 aliphatic heterocycles. The van der Waals surface area contributed by atoms with E-state index in [0.717, 1.165) is 38.2 Å². The van der Waals surface area contributed by atoms with Crippen molar-refractivity contribution in [3.05, 3.63) is 95.6 Å². The van der Waals surface area contributed by atoms with E-state index in [2.05, 4.69) is 74.3 Å². The molecule has 0 N–H and O–H groups in total. The first-order chi connectivity index (χ1) is 15.3. The Kier molecular flexibility index (Phi) is 6.23.